The second-order valence-corrected chi connectivity index (χ2v) is 4.04. The summed E-state index contributed by atoms with van der Waals surface area (Å²) in [5.74, 6) is 0.545. The van der Waals surface area contributed by atoms with Crippen LogP contribution in [-0.4, -0.2) is 17.6 Å². The molecule has 0 bridgehead atoms. The number of carbonyl (C=O) groups is 1. The molecule has 2 rings (SSSR count). The molecule has 1 fully saturated rings. The Kier molecular flexibility index (Phi) is 3.74. The second-order valence-electron chi connectivity index (χ2n) is 3.63. The molecule has 0 atom stereocenters. The Bertz CT molecular complexity index is 520. The zero-order valence-corrected chi connectivity index (χ0v) is 10.4. The van der Waals surface area contributed by atoms with Gasteiger partial charge in [0.2, 0.25) is 0 Å². The Hall–Kier alpha value is -2.14. The summed E-state index contributed by atoms with van der Waals surface area (Å²) < 4.78 is 5.36. The lowest BCUT2D eigenvalue weighted by atomic mass is 10.2. The lowest BCUT2D eigenvalue weighted by Gasteiger charge is -2.03. The number of hydrogen-bond acceptors (Lipinski definition) is 3. The average molecular weight is 260 g/mol. The highest BCUT2D eigenvalue weighted by Gasteiger charge is 2.19. The van der Waals surface area contributed by atoms with E-state index < -0.39 is 0 Å². The molecule has 1 aliphatic rings. The van der Waals surface area contributed by atoms with E-state index >= 15 is 0 Å². The number of carbonyl (C=O) groups excluding carboxylic acids is 1. The van der Waals surface area contributed by atoms with Gasteiger partial charge in [-0.15, -0.1) is 0 Å². The third-order valence-corrected chi connectivity index (χ3v) is 2.48. The molecule has 4 nitrogen and oxygen atoms in total. The van der Waals surface area contributed by atoms with Crippen LogP contribution in [0.15, 0.2) is 42.6 Å². The van der Waals surface area contributed by atoms with Crippen molar-refractivity contribution >= 4 is 29.3 Å². The van der Waals surface area contributed by atoms with Crippen molar-refractivity contribution in [3.63, 3.8) is 0 Å². The molecule has 0 radical (unpaired) electrons. The summed E-state index contributed by atoms with van der Waals surface area (Å²) in [5, 5.41) is 5.62. The molecule has 92 valence electrons. The predicted molar refractivity (Wildman–Crippen MR) is 74.0 cm³/mol. The zero-order chi connectivity index (χ0) is 13.0. The highest BCUT2D eigenvalue weighted by Crippen LogP contribution is 2.14. The van der Waals surface area contributed by atoms with E-state index in [0.29, 0.717) is 17.4 Å². The van der Waals surface area contributed by atoms with Crippen molar-refractivity contribution in [2.24, 2.45) is 0 Å². The quantitative estimate of drug-likeness (QED) is 0.490. The number of ether oxygens (including phenoxy) is 1. The predicted octanol–water partition coefficient (Wildman–Crippen LogP) is 1.60. The summed E-state index contributed by atoms with van der Waals surface area (Å²) in [6.45, 7) is 4.05. The van der Waals surface area contributed by atoms with Crippen LogP contribution in [0.5, 0.6) is 5.75 Å². The highest BCUT2D eigenvalue weighted by atomic mass is 32.1. The van der Waals surface area contributed by atoms with Gasteiger partial charge in [0.15, 0.2) is 5.11 Å². The smallest absolute Gasteiger partial charge is 0.273 e. The minimum Gasteiger partial charge on any atom is -0.490 e. The molecule has 0 aliphatic carbocycles. The lowest BCUT2D eigenvalue weighted by Crippen LogP contribution is -2.21. The summed E-state index contributed by atoms with van der Waals surface area (Å²) in [6.07, 6.45) is 3.41. The van der Waals surface area contributed by atoms with Crippen molar-refractivity contribution in [3.8, 4) is 5.75 Å². The number of benzene rings is 1. The maximum absolute atomic E-state index is 11.4. The van der Waals surface area contributed by atoms with Gasteiger partial charge in [-0.25, -0.2) is 0 Å². The Balaban J connectivity index is 2.10. The molecule has 1 amide bonds. The molecule has 1 saturated heterocycles. The topological polar surface area (TPSA) is 50.4 Å². The molecule has 1 heterocycles. The summed E-state index contributed by atoms with van der Waals surface area (Å²) in [7, 11) is 0. The first-order valence-corrected chi connectivity index (χ1v) is 5.77. The van der Waals surface area contributed by atoms with Crippen LogP contribution in [0.4, 0.5) is 0 Å². The summed E-state index contributed by atoms with van der Waals surface area (Å²) in [4.78, 5) is 11.4. The third-order valence-electron chi connectivity index (χ3n) is 2.28. The van der Waals surface area contributed by atoms with Gasteiger partial charge in [0, 0.05) is 0 Å². The number of nitrogens with one attached hydrogen (secondary N) is 2. The van der Waals surface area contributed by atoms with Crippen molar-refractivity contribution in [2.75, 3.05) is 6.61 Å². The fraction of sp³-hybridized carbons (Fsp3) is 0.0769. The Labute approximate surface area is 110 Å². The maximum atomic E-state index is 11.4. The van der Waals surface area contributed by atoms with E-state index in [1.807, 2.05) is 24.3 Å². The van der Waals surface area contributed by atoms with E-state index in [4.69, 9.17) is 17.0 Å². The highest BCUT2D eigenvalue weighted by molar-refractivity contribution is 7.80. The molecule has 1 aromatic rings. The van der Waals surface area contributed by atoms with Crippen LogP contribution in [0.3, 0.4) is 0 Å². The fourth-order valence-corrected chi connectivity index (χ4v) is 1.67. The maximum Gasteiger partial charge on any atom is 0.273 e. The fourth-order valence-electron chi connectivity index (χ4n) is 1.46. The monoisotopic (exact) mass is 260 g/mol. The normalized spacial score (nSPS) is 16.3. The number of hydrogen-bond donors (Lipinski definition) is 2. The van der Waals surface area contributed by atoms with Crippen LogP contribution < -0.4 is 15.4 Å². The Morgan fingerprint density at radius 1 is 1.28 bits per heavy atom. The van der Waals surface area contributed by atoms with Gasteiger partial charge in [-0.1, -0.05) is 24.8 Å². The first kappa shape index (κ1) is 12.3. The van der Waals surface area contributed by atoms with Crippen LogP contribution in [0, 0.1) is 0 Å². The van der Waals surface area contributed by atoms with Gasteiger partial charge in [-0.2, -0.15) is 0 Å². The van der Waals surface area contributed by atoms with E-state index in [0.717, 1.165) is 11.3 Å². The summed E-state index contributed by atoms with van der Waals surface area (Å²) >= 11 is 4.84. The molecule has 1 aliphatic heterocycles. The molecule has 1 aromatic carbocycles. The summed E-state index contributed by atoms with van der Waals surface area (Å²) in [5.41, 5.74) is 1.34. The van der Waals surface area contributed by atoms with Crippen molar-refractivity contribution < 1.29 is 9.53 Å². The first-order valence-electron chi connectivity index (χ1n) is 5.37. The minimum atomic E-state index is -0.216. The molecule has 0 saturated carbocycles. The van der Waals surface area contributed by atoms with Gasteiger partial charge in [0.05, 0.1) is 0 Å². The molecule has 5 heteroatoms. The van der Waals surface area contributed by atoms with Crippen LogP contribution in [0.1, 0.15) is 5.56 Å². The van der Waals surface area contributed by atoms with Crippen molar-refractivity contribution in [1.82, 2.24) is 10.6 Å². The van der Waals surface area contributed by atoms with Crippen LogP contribution >= 0.6 is 12.2 Å². The van der Waals surface area contributed by atoms with Crippen LogP contribution in [-0.2, 0) is 4.79 Å². The Morgan fingerprint density at radius 2 is 2.00 bits per heavy atom. The number of rotatable bonds is 4. The second kappa shape index (κ2) is 5.46. The minimum absolute atomic E-state index is 0.216. The summed E-state index contributed by atoms with van der Waals surface area (Å²) in [6, 6.07) is 7.39. The van der Waals surface area contributed by atoms with Gasteiger partial charge in [0.1, 0.15) is 18.1 Å². The molecule has 18 heavy (non-hydrogen) atoms. The van der Waals surface area contributed by atoms with Crippen molar-refractivity contribution in [1.29, 1.82) is 0 Å². The van der Waals surface area contributed by atoms with Crippen LogP contribution in [0.2, 0.25) is 0 Å². The molecular weight excluding hydrogens is 248 g/mol. The van der Waals surface area contributed by atoms with Gasteiger partial charge < -0.3 is 10.1 Å². The Morgan fingerprint density at radius 3 is 2.56 bits per heavy atom. The molecular formula is C13H12N2O2S. The van der Waals surface area contributed by atoms with Gasteiger partial charge in [-0.3, -0.25) is 10.1 Å². The van der Waals surface area contributed by atoms with E-state index in [-0.39, 0.29) is 5.91 Å². The third kappa shape index (κ3) is 2.95. The SMILES string of the molecule is C=CCOc1ccc(/C=C2/NC(=S)NC2=O)cc1. The number of thiocarbonyl (C=S) groups is 1. The van der Waals surface area contributed by atoms with Crippen molar-refractivity contribution in [3.05, 3.63) is 48.2 Å². The zero-order valence-electron chi connectivity index (χ0n) is 9.60. The molecule has 2 N–H and O–H groups in total. The molecule has 0 aromatic heterocycles. The average Bonchev–Trinajstić information content (AvgIpc) is 2.67. The van der Waals surface area contributed by atoms with E-state index in [1.54, 1.807) is 12.2 Å². The van der Waals surface area contributed by atoms with Gasteiger partial charge >= 0.3 is 0 Å². The first-order chi connectivity index (χ1) is 8.69. The lowest BCUT2D eigenvalue weighted by molar-refractivity contribution is -0.115. The molecule has 0 spiro atoms. The van der Waals surface area contributed by atoms with E-state index in [2.05, 4.69) is 17.2 Å². The van der Waals surface area contributed by atoms with Gasteiger partial charge in [-0.05, 0) is 36.0 Å². The van der Waals surface area contributed by atoms with Crippen molar-refractivity contribution in [2.45, 2.75) is 0 Å². The van der Waals surface area contributed by atoms with Crippen LogP contribution in [0.25, 0.3) is 6.08 Å². The van der Waals surface area contributed by atoms with E-state index in [1.165, 1.54) is 0 Å². The standard InChI is InChI=1S/C13H12N2O2S/c1-2-7-17-10-5-3-9(4-6-10)8-11-12(16)15-13(18)14-11/h2-6,8H,1,7H2,(H2,14,15,16,18)/b11-8+. The number of amides is 1. The van der Waals surface area contributed by atoms with E-state index in [9.17, 15) is 4.79 Å². The largest absolute Gasteiger partial charge is 0.490 e. The molecule has 0 unspecified atom stereocenters. The van der Waals surface area contributed by atoms with Gasteiger partial charge in [0.25, 0.3) is 5.91 Å².